The minimum atomic E-state index is -0.665. The Bertz CT molecular complexity index is 223. The largest absolute Gasteiger partial charge is 0.259 e. The van der Waals surface area contributed by atoms with Crippen LogP contribution in [0.15, 0.2) is 0 Å². The first-order valence-electron chi connectivity index (χ1n) is 6.83. The molecule has 0 aromatic heterocycles. The van der Waals surface area contributed by atoms with E-state index >= 15 is 0 Å². The Kier molecular flexibility index (Phi) is 5.49. The van der Waals surface area contributed by atoms with Crippen molar-refractivity contribution >= 4 is 10.8 Å². The van der Waals surface area contributed by atoms with Crippen molar-refractivity contribution in [3.63, 3.8) is 0 Å². The van der Waals surface area contributed by atoms with Gasteiger partial charge in [0.05, 0.1) is 0 Å². The molecule has 0 N–H and O–H groups in total. The van der Waals surface area contributed by atoms with E-state index in [2.05, 4.69) is 27.7 Å². The van der Waals surface area contributed by atoms with E-state index in [4.69, 9.17) is 0 Å². The van der Waals surface area contributed by atoms with Crippen LogP contribution in [-0.4, -0.2) is 14.7 Å². The Hall–Kier alpha value is 0.150. The third-order valence-corrected chi connectivity index (χ3v) is 5.87. The van der Waals surface area contributed by atoms with Gasteiger partial charge in [0.15, 0.2) is 0 Å². The lowest BCUT2D eigenvalue weighted by Gasteiger charge is -2.26. The maximum atomic E-state index is 12.2. The Morgan fingerprint density at radius 1 is 1.25 bits per heavy atom. The van der Waals surface area contributed by atoms with E-state index in [1.54, 1.807) is 0 Å². The lowest BCUT2D eigenvalue weighted by molar-refractivity contribution is 0.346. The Morgan fingerprint density at radius 2 is 1.81 bits per heavy atom. The molecular formula is C14H28OS. The molecule has 1 nitrogen and oxygen atoms in total. The van der Waals surface area contributed by atoms with Crippen LogP contribution in [0.25, 0.3) is 0 Å². The molecule has 0 radical (unpaired) electrons. The normalized spacial score (nSPS) is 22.2. The highest BCUT2D eigenvalue weighted by Crippen LogP contribution is 2.35. The summed E-state index contributed by atoms with van der Waals surface area (Å²) in [6.45, 7) is 8.55. The Balaban J connectivity index is 2.53. The maximum Gasteiger partial charge on any atom is 0.0375 e. The van der Waals surface area contributed by atoms with Crippen LogP contribution in [0.1, 0.15) is 66.2 Å². The summed E-state index contributed by atoms with van der Waals surface area (Å²) < 4.78 is 12.2. The Labute approximate surface area is 104 Å². The minimum absolute atomic E-state index is 0.0371. The lowest BCUT2D eigenvalue weighted by atomic mass is 9.89. The lowest BCUT2D eigenvalue weighted by Crippen LogP contribution is -2.29. The molecule has 0 saturated heterocycles. The van der Waals surface area contributed by atoms with Crippen molar-refractivity contribution in [3.05, 3.63) is 0 Å². The third kappa shape index (κ3) is 4.20. The van der Waals surface area contributed by atoms with Crippen LogP contribution >= 0.6 is 0 Å². The van der Waals surface area contributed by atoms with Crippen molar-refractivity contribution < 1.29 is 4.21 Å². The van der Waals surface area contributed by atoms with Crippen LogP contribution in [0.3, 0.4) is 0 Å². The molecule has 16 heavy (non-hydrogen) atoms. The number of hydrogen-bond acceptors (Lipinski definition) is 1. The predicted molar refractivity (Wildman–Crippen MR) is 73.1 cm³/mol. The van der Waals surface area contributed by atoms with Crippen LogP contribution in [-0.2, 0) is 10.8 Å². The molecule has 0 aliphatic heterocycles. The average molecular weight is 244 g/mol. The van der Waals surface area contributed by atoms with Gasteiger partial charge in [-0.25, -0.2) is 0 Å². The van der Waals surface area contributed by atoms with E-state index in [1.165, 1.54) is 38.5 Å². The van der Waals surface area contributed by atoms with Gasteiger partial charge in [0.1, 0.15) is 0 Å². The van der Waals surface area contributed by atoms with Gasteiger partial charge >= 0.3 is 0 Å². The molecule has 0 heterocycles. The zero-order valence-corrected chi connectivity index (χ0v) is 12.2. The fraction of sp³-hybridized carbons (Fsp3) is 1.00. The molecule has 0 spiro atoms. The first-order chi connectivity index (χ1) is 7.45. The third-order valence-electron chi connectivity index (χ3n) is 3.77. The second kappa shape index (κ2) is 6.18. The zero-order chi connectivity index (χ0) is 12.2. The molecule has 0 amide bonds. The standard InChI is InChI=1S/C14H28OS/c1-5-8-13(12-9-6-7-10-12)11-16(15)14(2,3)4/h12-13H,5-11H2,1-4H3/t13?,16-/m1/s1. The summed E-state index contributed by atoms with van der Waals surface area (Å²) in [4.78, 5) is 0. The monoisotopic (exact) mass is 244 g/mol. The van der Waals surface area contributed by atoms with Crippen molar-refractivity contribution in [1.82, 2.24) is 0 Å². The number of hydrogen-bond donors (Lipinski definition) is 0. The topological polar surface area (TPSA) is 17.1 Å². The van der Waals surface area contributed by atoms with Crippen LogP contribution in [0.2, 0.25) is 0 Å². The molecule has 0 bridgehead atoms. The van der Waals surface area contributed by atoms with E-state index < -0.39 is 10.8 Å². The molecule has 1 unspecified atom stereocenters. The summed E-state index contributed by atoms with van der Waals surface area (Å²) in [6.07, 6.45) is 8.06. The SMILES string of the molecule is CCCC(C[S@@](=O)C(C)(C)C)C1CCCC1. The smallest absolute Gasteiger partial charge is 0.0375 e. The molecule has 2 heteroatoms. The van der Waals surface area contributed by atoms with E-state index in [9.17, 15) is 4.21 Å². The minimum Gasteiger partial charge on any atom is -0.259 e. The van der Waals surface area contributed by atoms with Crippen LogP contribution in [0, 0.1) is 11.8 Å². The van der Waals surface area contributed by atoms with Crippen molar-refractivity contribution in [2.75, 3.05) is 5.75 Å². The van der Waals surface area contributed by atoms with E-state index in [1.807, 2.05) is 0 Å². The summed E-state index contributed by atoms with van der Waals surface area (Å²) in [5.74, 6) is 2.51. The highest BCUT2D eigenvalue weighted by molar-refractivity contribution is 7.86. The summed E-state index contributed by atoms with van der Waals surface area (Å²) in [5.41, 5.74) is 0. The summed E-state index contributed by atoms with van der Waals surface area (Å²) in [7, 11) is -0.665. The molecule has 0 aromatic rings. The van der Waals surface area contributed by atoms with E-state index in [0.717, 1.165) is 11.7 Å². The van der Waals surface area contributed by atoms with Crippen molar-refractivity contribution in [1.29, 1.82) is 0 Å². The predicted octanol–water partition coefficient (Wildman–Crippen LogP) is 4.14. The van der Waals surface area contributed by atoms with Crippen molar-refractivity contribution in [3.8, 4) is 0 Å². The van der Waals surface area contributed by atoms with Gasteiger partial charge in [0.2, 0.25) is 0 Å². The molecule has 1 aliphatic rings. The van der Waals surface area contributed by atoms with E-state index in [0.29, 0.717) is 5.92 Å². The average Bonchev–Trinajstić information content (AvgIpc) is 2.68. The number of rotatable bonds is 5. The summed E-state index contributed by atoms with van der Waals surface area (Å²) >= 11 is 0. The first-order valence-corrected chi connectivity index (χ1v) is 8.15. The van der Waals surface area contributed by atoms with Gasteiger partial charge in [0.25, 0.3) is 0 Å². The van der Waals surface area contributed by atoms with Gasteiger partial charge < -0.3 is 0 Å². The van der Waals surface area contributed by atoms with Gasteiger partial charge in [-0.15, -0.1) is 0 Å². The summed E-state index contributed by atoms with van der Waals surface area (Å²) in [5, 5.41) is 0. The molecule has 1 fully saturated rings. The van der Waals surface area contributed by atoms with Gasteiger partial charge in [-0.3, -0.25) is 4.21 Å². The highest BCUT2D eigenvalue weighted by Gasteiger charge is 2.29. The highest BCUT2D eigenvalue weighted by atomic mass is 32.2. The second-order valence-electron chi connectivity index (χ2n) is 6.22. The zero-order valence-electron chi connectivity index (χ0n) is 11.4. The molecule has 1 saturated carbocycles. The molecule has 2 atom stereocenters. The van der Waals surface area contributed by atoms with Crippen LogP contribution in [0.5, 0.6) is 0 Å². The van der Waals surface area contributed by atoms with Gasteiger partial charge in [-0.2, -0.15) is 0 Å². The quantitative estimate of drug-likeness (QED) is 0.710. The van der Waals surface area contributed by atoms with Crippen molar-refractivity contribution in [2.24, 2.45) is 11.8 Å². The molecule has 1 rings (SSSR count). The van der Waals surface area contributed by atoms with Gasteiger partial charge in [0, 0.05) is 21.3 Å². The van der Waals surface area contributed by atoms with Crippen molar-refractivity contribution in [2.45, 2.75) is 71.0 Å². The van der Waals surface area contributed by atoms with E-state index in [-0.39, 0.29) is 4.75 Å². The molecular weight excluding hydrogens is 216 g/mol. The maximum absolute atomic E-state index is 12.2. The summed E-state index contributed by atoms with van der Waals surface area (Å²) in [6, 6.07) is 0. The fourth-order valence-electron chi connectivity index (χ4n) is 2.70. The first kappa shape index (κ1) is 14.2. The fourth-order valence-corrected chi connectivity index (χ4v) is 4.03. The molecule has 96 valence electrons. The molecule has 1 aliphatic carbocycles. The van der Waals surface area contributed by atoms with Gasteiger partial charge in [-0.1, -0.05) is 39.0 Å². The van der Waals surface area contributed by atoms with Gasteiger partial charge in [-0.05, 0) is 39.0 Å². The van der Waals surface area contributed by atoms with Crippen LogP contribution < -0.4 is 0 Å². The van der Waals surface area contributed by atoms with Crippen LogP contribution in [0.4, 0.5) is 0 Å². The Morgan fingerprint density at radius 3 is 2.25 bits per heavy atom. The second-order valence-corrected chi connectivity index (χ2v) is 8.47. The molecule has 0 aromatic carbocycles.